The number of carbonyl (C=O) groups is 1. The van der Waals surface area contributed by atoms with Gasteiger partial charge in [-0.15, -0.1) is 0 Å². The zero-order valence-electron chi connectivity index (χ0n) is 13.8. The Kier molecular flexibility index (Phi) is 5.92. The van der Waals surface area contributed by atoms with Crippen LogP contribution in [0.2, 0.25) is 0 Å². The number of piperazine rings is 1. The predicted molar refractivity (Wildman–Crippen MR) is 85.8 cm³/mol. The smallest absolute Gasteiger partial charge is 0.407 e. The van der Waals surface area contributed by atoms with Crippen molar-refractivity contribution in [3.63, 3.8) is 0 Å². The summed E-state index contributed by atoms with van der Waals surface area (Å²) in [4.78, 5) is 12.5. The number of aryl methyl sites for hydroxylation is 1. The van der Waals surface area contributed by atoms with Gasteiger partial charge in [-0.3, -0.25) is 0 Å². The Hall–Kier alpha value is -2.15. The summed E-state index contributed by atoms with van der Waals surface area (Å²) in [7, 11) is 3.18. The molecule has 128 valence electrons. The minimum atomic E-state index is -0.876. The van der Waals surface area contributed by atoms with Crippen LogP contribution in [0.1, 0.15) is 12.0 Å². The Morgan fingerprint density at radius 1 is 1.35 bits per heavy atom. The van der Waals surface area contributed by atoms with Crippen molar-refractivity contribution in [2.24, 2.45) is 0 Å². The molecule has 1 saturated heterocycles. The molecule has 1 fully saturated rings. The van der Waals surface area contributed by atoms with Crippen LogP contribution in [0.3, 0.4) is 0 Å². The van der Waals surface area contributed by atoms with E-state index in [1.165, 1.54) is 4.90 Å². The van der Waals surface area contributed by atoms with Gasteiger partial charge >= 0.3 is 6.09 Å². The van der Waals surface area contributed by atoms with Crippen LogP contribution >= 0.6 is 0 Å². The zero-order valence-corrected chi connectivity index (χ0v) is 13.8. The third kappa shape index (κ3) is 4.41. The minimum absolute atomic E-state index is 0.0855. The maximum Gasteiger partial charge on any atom is 0.407 e. The van der Waals surface area contributed by atoms with Crippen molar-refractivity contribution < 1.29 is 24.1 Å². The number of rotatable bonds is 6. The highest BCUT2D eigenvalue weighted by Gasteiger charge is 2.23. The molecule has 0 saturated carbocycles. The Labute approximate surface area is 136 Å². The minimum Gasteiger partial charge on any atom is -0.493 e. The van der Waals surface area contributed by atoms with Crippen molar-refractivity contribution in [2.45, 2.75) is 19.4 Å². The molecule has 7 nitrogen and oxygen atoms in total. The lowest BCUT2D eigenvalue weighted by atomic mass is 10.1. The van der Waals surface area contributed by atoms with Gasteiger partial charge in [-0.25, -0.2) is 4.79 Å². The van der Waals surface area contributed by atoms with Crippen molar-refractivity contribution in [2.75, 3.05) is 40.5 Å². The lowest BCUT2D eigenvalue weighted by Gasteiger charge is -2.31. The van der Waals surface area contributed by atoms with Gasteiger partial charge in [0.1, 0.15) is 0 Å². The maximum absolute atomic E-state index is 11.0. The molecular formula is C16H24N2O5. The van der Waals surface area contributed by atoms with E-state index < -0.39 is 6.09 Å². The van der Waals surface area contributed by atoms with E-state index in [1.54, 1.807) is 14.2 Å². The molecule has 7 heteroatoms. The van der Waals surface area contributed by atoms with Crippen LogP contribution in [0.5, 0.6) is 17.2 Å². The summed E-state index contributed by atoms with van der Waals surface area (Å²) in [5.41, 5.74) is 1.03. The first-order valence-electron chi connectivity index (χ1n) is 7.61. The molecule has 2 N–H and O–H groups in total. The van der Waals surface area contributed by atoms with Gasteiger partial charge in [0.25, 0.3) is 0 Å². The first-order valence-corrected chi connectivity index (χ1v) is 7.61. The van der Waals surface area contributed by atoms with Gasteiger partial charge in [-0.2, -0.15) is 0 Å². The summed E-state index contributed by atoms with van der Waals surface area (Å²) in [6.07, 6.45) is -0.177. The molecular weight excluding hydrogens is 300 g/mol. The van der Waals surface area contributed by atoms with E-state index in [9.17, 15) is 4.79 Å². The van der Waals surface area contributed by atoms with Crippen molar-refractivity contribution >= 4 is 6.09 Å². The second kappa shape index (κ2) is 7.92. The fourth-order valence-corrected chi connectivity index (χ4v) is 2.65. The van der Waals surface area contributed by atoms with E-state index in [1.807, 2.05) is 19.1 Å². The average molecular weight is 324 g/mol. The van der Waals surface area contributed by atoms with Crippen molar-refractivity contribution in [3.05, 3.63) is 17.7 Å². The highest BCUT2D eigenvalue weighted by Crippen LogP contribution is 2.38. The number of hydrogen-bond acceptors (Lipinski definition) is 5. The van der Waals surface area contributed by atoms with E-state index in [0.717, 1.165) is 5.56 Å². The van der Waals surface area contributed by atoms with Crippen LogP contribution in [0.25, 0.3) is 0 Å². The van der Waals surface area contributed by atoms with E-state index in [2.05, 4.69) is 5.32 Å². The summed E-state index contributed by atoms with van der Waals surface area (Å²) in [5, 5.41) is 12.4. The summed E-state index contributed by atoms with van der Waals surface area (Å²) in [6, 6.07) is 3.87. The molecule has 1 aliphatic heterocycles. The Bertz CT molecular complexity index is 524. The number of nitrogens with one attached hydrogen (secondary N) is 1. The Morgan fingerprint density at radius 2 is 2.00 bits per heavy atom. The third-order valence-electron chi connectivity index (χ3n) is 3.84. The first-order chi connectivity index (χ1) is 11.0. The fourth-order valence-electron chi connectivity index (χ4n) is 2.65. The molecule has 0 bridgehead atoms. The molecule has 1 aromatic carbocycles. The van der Waals surface area contributed by atoms with Gasteiger partial charge in [-0.1, -0.05) is 0 Å². The summed E-state index contributed by atoms with van der Waals surface area (Å²) in [6.45, 7) is 4.06. The number of nitrogens with zero attached hydrogens (tertiary/aromatic N) is 1. The standard InChI is InChI=1S/C16H24N2O5/c1-11-8-13(21-2)15(14(9-11)22-3)23-7-4-12-10-18(16(19)20)6-5-17-12/h8-9,12,17H,4-7,10H2,1-3H3,(H,19,20)/t12-/m1/s1. The normalized spacial score (nSPS) is 17.7. The molecule has 1 heterocycles. The number of hydrogen-bond donors (Lipinski definition) is 2. The van der Waals surface area contributed by atoms with Crippen LogP contribution in [-0.4, -0.2) is 62.6 Å². The van der Waals surface area contributed by atoms with Crippen molar-refractivity contribution in [1.29, 1.82) is 0 Å². The van der Waals surface area contributed by atoms with E-state index in [-0.39, 0.29) is 6.04 Å². The van der Waals surface area contributed by atoms with Gasteiger partial charge in [0.05, 0.1) is 20.8 Å². The summed E-state index contributed by atoms with van der Waals surface area (Å²) >= 11 is 0. The second-order valence-electron chi connectivity index (χ2n) is 5.52. The fraction of sp³-hybridized carbons (Fsp3) is 0.562. The molecule has 0 aromatic heterocycles. The highest BCUT2D eigenvalue weighted by molar-refractivity contribution is 5.65. The second-order valence-corrected chi connectivity index (χ2v) is 5.52. The quantitative estimate of drug-likeness (QED) is 0.829. The SMILES string of the molecule is COc1cc(C)cc(OC)c1OCC[C@@H]1CN(C(=O)O)CCN1. The third-order valence-corrected chi connectivity index (χ3v) is 3.84. The number of carboxylic acid groups (broad SMARTS) is 1. The van der Waals surface area contributed by atoms with Gasteiger partial charge in [0.15, 0.2) is 11.5 Å². The van der Waals surface area contributed by atoms with Gasteiger partial charge in [0, 0.05) is 25.7 Å². The topological polar surface area (TPSA) is 80.3 Å². The van der Waals surface area contributed by atoms with Crippen LogP contribution in [0.15, 0.2) is 12.1 Å². The van der Waals surface area contributed by atoms with Gasteiger partial charge < -0.3 is 29.5 Å². The van der Waals surface area contributed by atoms with Crippen molar-refractivity contribution in [1.82, 2.24) is 10.2 Å². The van der Waals surface area contributed by atoms with E-state index >= 15 is 0 Å². The monoisotopic (exact) mass is 324 g/mol. The summed E-state index contributed by atoms with van der Waals surface area (Å²) in [5.74, 6) is 1.84. The van der Waals surface area contributed by atoms with E-state index in [0.29, 0.717) is 49.9 Å². The molecule has 1 aliphatic rings. The summed E-state index contributed by atoms with van der Waals surface area (Å²) < 4.78 is 16.6. The van der Waals surface area contributed by atoms with Crippen molar-refractivity contribution in [3.8, 4) is 17.2 Å². The average Bonchev–Trinajstić information content (AvgIpc) is 2.55. The van der Waals surface area contributed by atoms with Gasteiger partial charge in [-0.05, 0) is 31.0 Å². The number of amides is 1. The number of ether oxygens (including phenoxy) is 3. The molecule has 0 spiro atoms. The van der Waals surface area contributed by atoms with Crippen LogP contribution in [0.4, 0.5) is 4.79 Å². The number of methoxy groups -OCH3 is 2. The zero-order chi connectivity index (χ0) is 16.8. The van der Waals surface area contributed by atoms with E-state index in [4.69, 9.17) is 19.3 Å². The molecule has 23 heavy (non-hydrogen) atoms. The highest BCUT2D eigenvalue weighted by atomic mass is 16.5. The maximum atomic E-state index is 11.0. The van der Waals surface area contributed by atoms with Crippen LogP contribution in [0, 0.1) is 6.92 Å². The lowest BCUT2D eigenvalue weighted by molar-refractivity contribution is 0.124. The molecule has 1 amide bonds. The van der Waals surface area contributed by atoms with Gasteiger partial charge in [0.2, 0.25) is 5.75 Å². The first kappa shape index (κ1) is 17.2. The molecule has 0 aliphatic carbocycles. The predicted octanol–water partition coefficient (Wildman–Crippen LogP) is 1.73. The number of benzene rings is 1. The molecule has 1 atom stereocenters. The molecule has 2 rings (SSSR count). The lowest BCUT2D eigenvalue weighted by Crippen LogP contribution is -2.52. The largest absolute Gasteiger partial charge is 0.493 e. The molecule has 1 aromatic rings. The van der Waals surface area contributed by atoms with Crippen LogP contribution in [-0.2, 0) is 0 Å². The Balaban J connectivity index is 1.94. The molecule has 0 unspecified atom stereocenters. The molecule has 0 radical (unpaired) electrons. The Morgan fingerprint density at radius 3 is 2.57 bits per heavy atom. The van der Waals surface area contributed by atoms with Crippen LogP contribution < -0.4 is 19.5 Å².